The number of hydrogen-bond donors (Lipinski definition) is 0. The maximum atomic E-state index is 12.0. The Hall–Kier alpha value is -2.36. The highest BCUT2D eigenvalue weighted by Gasteiger charge is 2.50. The molecule has 2 unspecified atom stereocenters. The third-order valence-electron chi connectivity index (χ3n) is 4.90. The third kappa shape index (κ3) is 3.14. The van der Waals surface area contributed by atoms with E-state index in [0.29, 0.717) is 11.7 Å². The molecule has 0 saturated carbocycles. The Morgan fingerprint density at radius 3 is 2.71 bits per heavy atom. The van der Waals surface area contributed by atoms with Crippen molar-refractivity contribution in [2.45, 2.75) is 38.5 Å². The number of rotatable bonds is 3. The normalized spacial score (nSPS) is 28.4. The molecule has 0 radical (unpaired) electrons. The van der Waals surface area contributed by atoms with Crippen molar-refractivity contribution in [3.8, 4) is 0 Å². The Labute approximate surface area is 142 Å². The van der Waals surface area contributed by atoms with Gasteiger partial charge in [0, 0.05) is 6.42 Å². The van der Waals surface area contributed by atoms with Crippen LogP contribution in [-0.4, -0.2) is 19.0 Å². The Kier molecular flexibility index (Phi) is 4.56. The first-order valence-corrected chi connectivity index (χ1v) is 8.28. The molecule has 24 heavy (non-hydrogen) atoms. The fraction of sp³-hybridized carbons (Fsp3) is 0.400. The molecule has 1 saturated heterocycles. The molecule has 1 aliphatic heterocycles. The molecule has 126 valence electrons. The van der Waals surface area contributed by atoms with E-state index in [1.54, 1.807) is 6.92 Å². The van der Waals surface area contributed by atoms with Crippen molar-refractivity contribution in [3.05, 3.63) is 59.4 Å². The summed E-state index contributed by atoms with van der Waals surface area (Å²) in [6.45, 7) is 1.57. The summed E-state index contributed by atoms with van der Waals surface area (Å²) < 4.78 is 10.0. The smallest absolute Gasteiger partial charge is 0.328 e. The van der Waals surface area contributed by atoms with Crippen LogP contribution >= 0.6 is 0 Å². The van der Waals surface area contributed by atoms with E-state index >= 15 is 0 Å². The summed E-state index contributed by atoms with van der Waals surface area (Å²) in [5, 5.41) is 0. The second-order valence-electron chi connectivity index (χ2n) is 6.66. The van der Waals surface area contributed by atoms with Crippen molar-refractivity contribution < 1.29 is 19.1 Å². The number of allylic oxidation sites excluding steroid dienone is 4. The Bertz CT molecular complexity index is 702. The van der Waals surface area contributed by atoms with E-state index in [4.69, 9.17) is 9.47 Å². The number of hydrogen-bond acceptors (Lipinski definition) is 4. The van der Waals surface area contributed by atoms with Gasteiger partial charge in [-0.2, -0.15) is 0 Å². The SMILES string of the molecule is COC(=O)C1(C)C/C(=C\C2=CCC(c3ccccc3)CC2)OC1=O. The average molecular weight is 326 g/mol. The van der Waals surface area contributed by atoms with Crippen molar-refractivity contribution in [3.63, 3.8) is 0 Å². The largest absolute Gasteiger partial charge is 0.468 e. The lowest BCUT2D eigenvalue weighted by atomic mass is 9.84. The van der Waals surface area contributed by atoms with Gasteiger partial charge in [-0.1, -0.05) is 36.4 Å². The molecule has 1 aromatic rings. The van der Waals surface area contributed by atoms with Crippen molar-refractivity contribution >= 4 is 11.9 Å². The van der Waals surface area contributed by atoms with Crippen LogP contribution in [0.3, 0.4) is 0 Å². The number of ether oxygens (including phenoxy) is 2. The highest BCUT2D eigenvalue weighted by Crippen LogP contribution is 2.39. The lowest BCUT2D eigenvalue weighted by molar-refractivity contribution is -0.161. The first kappa shape index (κ1) is 16.5. The summed E-state index contributed by atoms with van der Waals surface area (Å²) in [4.78, 5) is 23.8. The minimum atomic E-state index is -1.22. The van der Waals surface area contributed by atoms with Crippen LogP contribution in [0, 0.1) is 5.41 Å². The zero-order chi connectivity index (χ0) is 17.2. The zero-order valence-electron chi connectivity index (χ0n) is 14.1. The number of carbonyl (C=O) groups excluding carboxylic acids is 2. The van der Waals surface area contributed by atoms with Crippen LogP contribution in [-0.2, 0) is 19.1 Å². The first-order chi connectivity index (χ1) is 11.5. The molecule has 0 bridgehead atoms. The predicted octanol–water partition coefficient (Wildman–Crippen LogP) is 3.89. The Balaban J connectivity index is 1.69. The van der Waals surface area contributed by atoms with Crippen LogP contribution in [0.15, 0.2) is 53.8 Å². The topological polar surface area (TPSA) is 52.6 Å². The summed E-state index contributed by atoms with van der Waals surface area (Å²) in [6.07, 6.45) is 7.36. The summed E-state index contributed by atoms with van der Waals surface area (Å²) >= 11 is 0. The molecular weight excluding hydrogens is 304 g/mol. The fourth-order valence-corrected chi connectivity index (χ4v) is 3.37. The van der Waals surface area contributed by atoms with E-state index in [-0.39, 0.29) is 6.42 Å². The average Bonchev–Trinajstić information content (AvgIpc) is 2.90. The number of cyclic esters (lactones) is 1. The van der Waals surface area contributed by atoms with Gasteiger partial charge in [-0.05, 0) is 49.3 Å². The molecule has 0 aromatic heterocycles. The van der Waals surface area contributed by atoms with Crippen LogP contribution in [0.4, 0.5) is 0 Å². The van der Waals surface area contributed by atoms with Gasteiger partial charge in [0.2, 0.25) is 0 Å². The highest BCUT2D eigenvalue weighted by molar-refractivity contribution is 6.01. The molecule has 1 fully saturated rings. The van der Waals surface area contributed by atoms with E-state index in [1.165, 1.54) is 18.2 Å². The van der Waals surface area contributed by atoms with Crippen LogP contribution in [0.5, 0.6) is 0 Å². The molecule has 4 heteroatoms. The number of carbonyl (C=O) groups is 2. The van der Waals surface area contributed by atoms with E-state index < -0.39 is 17.4 Å². The quantitative estimate of drug-likeness (QED) is 0.624. The summed E-state index contributed by atoms with van der Waals surface area (Å²) in [7, 11) is 1.29. The van der Waals surface area contributed by atoms with Gasteiger partial charge in [-0.15, -0.1) is 0 Å². The Morgan fingerprint density at radius 1 is 1.33 bits per heavy atom. The van der Waals surface area contributed by atoms with Gasteiger partial charge in [0.25, 0.3) is 0 Å². The molecule has 1 heterocycles. The third-order valence-corrected chi connectivity index (χ3v) is 4.90. The Morgan fingerprint density at radius 2 is 2.08 bits per heavy atom. The molecule has 0 N–H and O–H groups in total. The highest BCUT2D eigenvalue weighted by atomic mass is 16.6. The molecule has 0 amide bonds. The van der Waals surface area contributed by atoms with Gasteiger partial charge in [-0.3, -0.25) is 9.59 Å². The van der Waals surface area contributed by atoms with Crippen molar-refractivity contribution in [1.82, 2.24) is 0 Å². The van der Waals surface area contributed by atoms with Crippen LogP contribution in [0.25, 0.3) is 0 Å². The van der Waals surface area contributed by atoms with E-state index in [9.17, 15) is 9.59 Å². The second-order valence-corrected chi connectivity index (χ2v) is 6.66. The van der Waals surface area contributed by atoms with Crippen molar-refractivity contribution in [2.24, 2.45) is 5.41 Å². The van der Waals surface area contributed by atoms with Gasteiger partial charge in [-0.25, -0.2) is 0 Å². The van der Waals surface area contributed by atoms with Gasteiger partial charge in [0.1, 0.15) is 5.76 Å². The van der Waals surface area contributed by atoms with Crippen molar-refractivity contribution in [2.75, 3.05) is 7.11 Å². The number of benzene rings is 1. The molecule has 3 rings (SSSR count). The maximum absolute atomic E-state index is 12.0. The van der Waals surface area contributed by atoms with Gasteiger partial charge < -0.3 is 9.47 Å². The summed E-state index contributed by atoms with van der Waals surface area (Å²) in [5.74, 6) is 0.0222. The zero-order valence-corrected chi connectivity index (χ0v) is 14.1. The van der Waals surface area contributed by atoms with Crippen LogP contribution < -0.4 is 0 Å². The molecular formula is C20H22O4. The molecule has 2 aliphatic rings. The van der Waals surface area contributed by atoms with E-state index in [2.05, 4.69) is 30.3 Å². The minimum Gasteiger partial charge on any atom is -0.468 e. The monoisotopic (exact) mass is 326 g/mol. The van der Waals surface area contributed by atoms with Crippen molar-refractivity contribution in [1.29, 1.82) is 0 Å². The predicted molar refractivity (Wildman–Crippen MR) is 90.0 cm³/mol. The van der Waals surface area contributed by atoms with Crippen LogP contribution in [0.2, 0.25) is 0 Å². The lowest BCUT2D eigenvalue weighted by Gasteiger charge is -2.21. The summed E-state index contributed by atoms with van der Waals surface area (Å²) in [5.41, 5.74) is 1.31. The fourth-order valence-electron chi connectivity index (χ4n) is 3.37. The minimum absolute atomic E-state index is 0.262. The molecule has 1 aromatic carbocycles. The van der Waals surface area contributed by atoms with E-state index in [1.807, 2.05) is 12.1 Å². The number of esters is 2. The molecule has 1 aliphatic carbocycles. The van der Waals surface area contributed by atoms with Gasteiger partial charge in [0.05, 0.1) is 7.11 Å². The maximum Gasteiger partial charge on any atom is 0.328 e. The number of methoxy groups -OCH3 is 1. The second kappa shape index (κ2) is 6.63. The van der Waals surface area contributed by atoms with E-state index in [0.717, 1.165) is 19.3 Å². The lowest BCUT2D eigenvalue weighted by Crippen LogP contribution is -2.33. The molecule has 2 atom stereocenters. The molecule has 4 nitrogen and oxygen atoms in total. The van der Waals surface area contributed by atoms with Gasteiger partial charge in [0.15, 0.2) is 5.41 Å². The molecule has 0 spiro atoms. The summed E-state index contributed by atoms with van der Waals surface area (Å²) in [6, 6.07) is 10.5. The van der Waals surface area contributed by atoms with Gasteiger partial charge >= 0.3 is 11.9 Å². The first-order valence-electron chi connectivity index (χ1n) is 8.28. The van der Waals surface area contributed by atoms with Crippen LogP contribution in [0.1, 0.15) is 44.1 Å². The standard InChI is InChI=1S/C20H22O4/c1-20(18(21)23-2)13-17(24-19(20)22)12-14-8-10-16(11-9-14)15-6-4-3-5-7-15/h3-8,12,16H,9-11,13H2,1-2H3/b17-12+.